The fourth-order valence-corrected chi connectivity index (χ4v) is 4.34. The predicted octanol–water partition coefficient (Wildman–Crippen LogP) is 4.10. The van der Waals surface area contributed by atoms with Crippen LogP contribution in [0.25, 0.3) is 0 Å². The van der Waals surface area contributed by atoms with E-state index in [0.29, 0.717) is 11.3 Å². The monoisotopic (exact) mass is 454 g/mol. The minimum atomic E-state index is -3.76. The van der Waals surface area contributed by atoms with Crippen LogP contribution >= 0.6 is 0 Å². The first-order valence-electron chi connectivity index (χ1n) is 10.0. The van der Waals surface area contributed by atoms with Crippen LogP contribution in [-0.2, 0) is 21.8 Å². The van der Waals surface area contributed by atoms with Gasteiger partial charge in [0, 0.05) is 29.7 Å². The first kappa shape index (κ1) is 23.3. The van der Waals surface area contributed by atoms with Crippen molar-refractivity contribution in [2.45, 2.75) is 32.6 Å². The third-order valence-corrected chi connectivity index (χ3v) is 6.95. The van der Waals surface area contributed by atoms with Crippen LogP contribution in [0.5, 0.6) is 0 Å². The molecule has 0 saturated carbocycles. The number of aryl methyl sites for hydroxylation is 3. The van der Waals surface area contributed by atoms with Gasteiger partial charge in [-0.1, -0.05) is 6.07 Å². The first-order chi connectivity index (χ1) is 15.0. The molecule has 168 valence electrons. The molecule has 0 unspecified atom stereocenters. The molecule has 0 atom stereocenters. The molecule has 1 N–H and O–H groups in total. The Labute approximate surface area is 188 Å². The molecule has 1 heterocycles. The minimum Gasteiger partial charge on any atom is -0.454 e. The summed E-state index contributed by atoms with van der Waals surface area (Å²) in [7, 11) is -1.89. The van der Waals surface area contributed by atoms with Crippen molar-refractivity contribution in [2.24, 2.45) is 7.05 Å². The number of sulfonamides is 1. The van der Waals surface area contributed by atoms with Crippen LogP contribution < -0.4 is 4.72 Å². The summed E-state index contributed by atoms with van der Waals surface area (Å²) in [5.41, 5.74) is 4.68. The van der Waals surface area contributed by atoms with E-state index in [1.807, 2.05) is 39.3 Å². The van der Waals surface area contributed by atoms with Gasteiger partial charge < -0.3 is 9.30 Å². The summed E-state index contributed by atoms with van der Waals surface area (Å²) in [4.78, 5) is 24.9. The fraction of sp³-hybridized carbons (Fsp3) is 0.250. The van der Waals surface area contributed by atoms with E-state index in [1.54, 1.807) is 24.3 Å². The third-order valence-electron chi connectivity index (χ3n) is 5.57. The normalized spacial score (nSPS) is 11.3. The molecule has 0 bridgehead atoms. The Bertz CT molecular complexity index is 1290. The number of carbonyl (C=O) groups is 2. The molecule has 0 amide bonds. The minimum absolute atomic E-state index is 0.161. The molecule has 0 radical (unpaired) electrons. The average Bonchev–Trinajstić information content (AvgIpc) is 3.01. The van der Waals surface area contributed by atoms with E-state index >= 15 is 0 Å². The predicted molar refractivity (Wildman–Crippen MR) is 123 cm³/mol. The Hall–Kier alpha value is -3.39. The number of nitrogens with zero attached hydrogens (tertiary/aromatic N) is 1. The summed E-state index contributed by atoms with van der Waals surface area (Å²) < 4.78 is 34.8. The van der Waals surface area contributed by atoms with Crippen molar-refractivity contribution in [1.82, 2.24) is 4.57 Å². The lowest BCUT2D eigenvalue weighted by Gasteiger charge is -2.10. The van der Waals surface area contributed by atoms with E-state index in [4.69, 9.17) is 4.74 Å². The maximum absolute atomic E-state index is 12.6. The molecule has 3 rings (SSSR count). The average molecular weight is 455 g/mol. The Morgan fingerprint density at radius 2 is 1.59 bits per heavy atom. The maximum atomic E-state index is 12.6. The second kappa shape index (κ2) is 9.00. The molecule has 3 aromatic rings. The molecular weight excluding hydrogens is 428 g/mol. The van der Waals surface area contributed by atoms with Gasteiger partial charge >= 0.3 is 5.97 Å². The highest BCUT2D eigenvalue weighted by Crippen LogP contribution is 2.20. The van der Waals surface area contributed by atoms with E-state index < -0.39 is 16.0 Å². The molecule has 7 nitrogen and oxygen atoms in total. The van der Waals surface area contributed by atoms with Crippen LogP contribution in [0, 0.1) is 27.7 Å². The van der Waals surface area contributed by atoms with E-state index in [9.17, 15) is 18.0 Å². The van der Waals surface area contributed by atoms with Crippen LogP contribution in [0.2, 0.25) is 0 Å². The molecule has 0 fully saturated rings. The van der Waals surface area contributed by atoms with Gasteiger partial charge in [-0.05, 0) is 81.3 Å². The van der Waals surface area contributed by atoms with Gasteiger partial charge in [-0.25, -0.2) is 13.2 Å². The van der Waals surface area contributed by atoms with Gasteiger partial charge in [0.1, 0.15) is 0 Å². The Morgan fingerprint density at radius 3 is 2.16 bits per heavy atom. The van der Waals surface area contributed by atoms with Crippen molar-refractivity contribution >= 4 is 27.5 Å². The van der Waals surface area contributed by atoms with Crippen LogP contribution in [-0.4, -0.2) is 31.3 Å². The molecule has 8 heteroatoms. The number of hydrogen-bond donors (Lipinski definition) is 1. The van der Waals surface area contributed by atoms with Crippen molar-refractivity contribution in [3.05, 3.63) is 82.2 Å². The highest BCUT2D eigenvalue weighted by Gasteiger charge is 2.18. The third kappa shape index (κ3) is 4.91. The first-order valence-corrected chi connectivity index (χ1v) is 11.5. The van der Waals surface area contributed by atoms with Gasteiger partial charge in [0.15, 0.2) is 6.61 Å². The molecule has 0 aliphatic carbocycles. The van der Waals surface area contributed by atoms with Crippen molar-refractivity contribution in [2.75, 3.05) is 11.3 Å². The largest absolute Gasteiger partial charge is 0.454 e. The number of carbonyl (C=O) groups excluding carboxylic acids is 2. The lowest BCUT2D eigenvalue weighted by molar-refractivity contribution is 0.0474. The zero-order valence-corrected chi connectivity index (χ0v) is 19.5. The number of rotatable bonds is 7. The summed E-state index contributed by atoms with van der Waals surface area (Å²) in [5.74, 6) is -0.940. The van der Waals surface area contributed by atoms with Gasteiger partial charge in [0.2, 0.25) is 5.78 Å². The lowest BCUT2D eigenvalue weighted by atomic mass is 10.1. The van der Waals surface area contributed by atoms with Gasteiger partial charge in [-0.15, -0.1) is 0 Å². The molecular formula is C24H26N2O5S. The van der Waals surface area contributed by atoms with E-state index in [-0.39, 0.29) is 22.8 Å². The molecule has 2 aromatic carbocycles. The topological polar surface area (TPSA) is 94.5 Å². The molecule has 0 spiro atoms. The maximum Gasteiger partial charge on any atom is 0.338 e. The van der Waals surface area contributed by atoms with Crippen molar-refractivity contribution < 1.29 is 22.7 Å². The summed E-state index contributed by atoms with van der Waals surface area (Å²) in [6.45, 7) is 7.11. The van der Waals surface area contributed by atoms with E-state index in [0.717, 1.165) is 22.5 Å². The van der Waals surface area contributed by atoms with Crippen molar-refractivity contribution in [3.63, 3.8) is 0 Å². The van der Waals surface area contributed by atoms with Crippen molar-refractivity contribution in [3.8, 4) is 0 Å². The van der Waals surface area contributed by atoms with Crippen LogP contribution in [0.15, 0.2) is 53.4 Å². The second-order valence-electron chi connectivity index (χ2n) is 7.77. The molecule has 0 saturated heterocycles. The summed E-state index contributed by atoms with van der Waals surface area (Å²) in [5, 5.41) is 0. The number of aromatic nitrogens is 1. The SMILES string of the molecule is Cc1ccc(S(=O)(=O)Nc2ccc(C(=O)OCC(=O)c3cc(C)n(C)c3C)cc2)cc1C. The number of nitrogens with one attached hydrogen (secondary N) is 1. The number of Topliss-reactive ketones (excluding diaryl/α,β-unsaturated/α-hetero) is 1. The lowest BCUT2D eigenvalue weighted by Crippen LogP contribution is -2.15. The van der Waals surface area contributed by atoms with Gasteiger partial charge in [0.25, 0.3) is 10.0 Å². The number of benzene rings is 2. The Morgan fingerprint density at radius 1 is 0.938 bits per heavy atom. The second-order valence-corrected chi connectivity index (χ2v) is 9.45. The Kier molecular flexibility index (Phi) is 6.55. The molecule has 1 aromatic heterocycles. The molecule has 0 aliphatic rings. The van der Waals surface area contributed by atoms with Crippen LogP contribution in [0.4, 0.5) is 5.69 Å². The summed E-state index contributed by atoms with van der Waals surface area (Å²) in [6.07, 6.45) is 0. The number of hydrogen-bond acceptors (Lipinski definition) is 5. The quantitative estimate of drug-likeness (QED) is 0.428. The van der Waals surface area contributed by atoms with Crippen LogP contribution in [0.3, 0.4) is 0 Å². The Balaban J connectivity index is 1.64. The zero-order chi connectivity index (χ0) is 23.6. The number of ketones is 1. The van der Waals surface area contributed by atoms with E-state index in [2.05, 4.69) is 4.72 Å². The van der Waals surface area contributed by atoms with Gasteiger partial charge in [-0.3, -0.25) is 9.52 Å². The summed E-state index contributed by atoms with van der Waals surface area (Å²) in [6, 6.07) is 12.5. The highest BCUT2D eigenvalue weighted by atomic mass is 32.2. The fourth-order valence-electron chi connectivity index (χ4n) is 3.20. The zero-order valence-electron chi connectivity index (χ0n) is 18.7. The van der Waals surface area contributed by atoms with Crippen LogP contribution in [0.1, 0.15) is 43.2 Å². The summed E-state index contributed by atoms with van der Waals surface area (Å²) >= 11 is 0. The van der Waals surface area contributed by atoms with E-state index in [1.165, 1.54) is 24.3 Å². The standard InChI is InChI=1S/C24H26N2O5S/c1-15-6-11-21(12-16(15)2)32(29,30)25-20-9-7-19(8-10-20)24(28)31-14-23(27)22-13-17(3)26(5)18(22)4/h6-13,25H,14H2,1-5H3. The van der Waals surface area contributed by atoms with Gasteiger partial charge in [-0.2, -0.15) is 0 Å². The highest BCUT2D eigenvalue weighted by molar-refractivity contribution is 7.92. The number of esters is 1. The van der Waals surface area contributed by atoms with Crippen molar-refractivity contribution in [1.29, 1.82) is 0 Å². The van der Waals surface area contributed by atoms with Gasteiger partial charge in [0.05, 0.1) is 10.5 Å². The molecule has 32 heavy (non-hydrogen) atoms. The number of ether oxygens (including phenoxy) is 1. The molecule has 0 aliphatic heterocycles. The smallest absolute Gasteiger partial charge is 0.338 e. The number of anilines is 1.